The molecule has 0 aromatic carbocycles. The van der Waals surface area contributed by atoms with Gasteiger partial charge in [0.2, 0.25) is 0 Å². The lowest BCUT2D eigenvalue weighted by molar-refractivity contribution is -0.133. The molecule has 0 saturated carbocycles. The highest BCUT2D eigenvalue weighted by molar-refractivity contribution is 6.21. The van der Waals surface area contributed by atoms with Crippen LogP contribution in [0, 0.1) is 16.7 Å². The number of Topliss-reactive ketones (excluding diaryl/α,β-unsaturated/α-hetero) is 1. The number of carbonyl (C=O) groups excluding carboxylic acids is 3. The van der Waals surface area contributed by atoms with Gasteiger partial charge >= 0.3 is 0 Å². The molecule has 21 heavy (non-hydrogen) atoms. The average Bonchev–Trinajstić information content (AvgIpc) is 2.39. The van der Waals surface area contributed by atoms with Crippen LogP contribution in [-0.4, -0.2) is 17.3 Å². The third-order valence-corrected chi connectivity index (χ3v) is 5.60. The van der Waals surface area contributed by atoms with Gasteiger partial charge in [0.1, 0.15) is 0 Å². The summed E-state index contributed by atoms with van der Waals surface area (Å²) in [5, 5.41) is 0. The fourth-order valence-corrected chi connectivity index (χ4v) is 4.58. The fraction of sp³-hybridized carbons (Fsp3) is 0.500. The number of rotatable bonds is 0. The summed E-state index contributed by atoms with van der Waals surface area (Å²) in [5.41, 5.74) is 0.904. The first-order valence-electron chi connectivity index (χ1n) is 7.41. The van der Waals surface area contributed by atoms with Crippen LogP contribution in [0.4, 0.5) is 0 Å². The molecule has 0 saturated heterocycles. The predicted octanol–water partition coefficient (Wildman–Crippen LogP) is 2.96. The summed E-state index contributed by atoms with van der Waals surface area (Å²) in [4.78, 5) is 37.3. The molecule has 3 rings (SSSR count). The molecule has 0 bridgehead atoms. The van der Waals surface area contributed by atoms with Crippen LogP contribution in [0.3, 0.4) is 0 Å². The van der Waals surface area contributed by atoms with E-state index < -0.39 is 10.8 Å². The Balaban J connectivity index is 2.23. The van der Waals surface area contributed by atoms with E-state index in [2.05, 4.69) is 0 Å². The van der Waals surface area contributed by atoms with E-state index in [9.17, 15) is 14.4 Å². The molecule has 3 nitrogen and oxygen atoms in total. The largest absolute Gasteiger partial charge is 0.294 e. The van der Waals surface area contributed by atoms with Gasteiger partial charge in [-0.25, -0.2) is 0 Å². The number of hydrogen-bond donors (Lipinski definition) is 0. The topological polar surface area (TPSA) is 51.2 Å². The van der Waals surface area contributed by atoms with E-state index in [4.69, 9.17) is 0 Å². The SMILES string of the molecule is CC1=CC[C@H]2C(C)(C)C3=C(C[C@]2(C)C1=O)C(=O)C=CC3=O. The molecule has 0 spiro atoms. The number of hydrogen-bond acceptors (Lipinski definition) is 3. The Morgan fingerprint density at radius 1 is 1.05 bits per heavy atom. The lowest BCUT2D eigenvalue weighted by Gasteiger charge is -2.52. The second-order valence-electron chi connectivity index (χ2n) is 7.24. The minimum absolute atomic E-state index is 0.0585. The molecule has 0 aromatic heterocycles. The van der Waals surface area contributed by atoms with Gasteiger partial charge in [-0.15, -0.1) is 0 Å². The summed E-state index contributed by atoms with van der Waals surface area (Å²) in [6, 6.07) is 0. The third kappa shape index (κ3) is 1.69. The number of ketones is 3. The zero-order valence-corrected chi connectivity index (χ0v) is 12.9. The molecule has 0 unspecified atom stereocenters. The summed E-state index contributed by atoms with van der Waals surface area (Å²) in [7, 11) is 0. The normalized spacial score (nSPS) is 34.6. The second kappa shape index (κ2) is 4.12. The van der Waals surface area contributed by atoms with Gasteiger partial charge in [-0.05, 0) is 48.8 Å². The van der Waals surface area contributed by atoms with E-state index in [0.717, 1.165) is 12.0 Å². The standard InChI is InChI=1S/C18H20O3/c1-10-5-8-14-17(2,3)15-11(9-18(14,4)16(10)21)12(19)6-7-13(15)20/h5-7,14H,8-9H2,1-4H3/t14-,18-/m0/s1. The van der Waals surface area contributed by atoms with Crippen LogP contribution in [0.5, 0.6) is 0 Å². The van der Waals surface area contributed by atoms with Crippen molar-refractivity contribution in [1.29, 1.82) is 0 Å². The van der Waals surface area contributed by atoms with Crippen LogP contribution in [0.1, 0.15) is 40.5 Å². The molecule has 110 valence electrons. The zero-order chi connectivity index (χ0) is 15.6. The minimum atomic E-state index is -0.581. The van der Waals surface area contributed by atoms with Crippen LogP contribution in [0.25, 0.3) is 0 Å². The van der Waals surface area contributed by atoms with E-state index >= 15 is 0 Å². The monoisotopic (exact) mass is 284 g/mol. The van der Waals surface area contributed by atoms with Crippen LogP contribution in [0.2, 0.25) is 0 Å². The predicted molar refractivity (Wildman–Crippen MR) is 79.6 cm³/mol. The Kier molecular flexibility index (Phi) is 2.78. The second-order valence-corrected chi connectivity index (χ2v) is 7.24. The van der Waals surface area contributed by atoms with E-state index in [-0.39, 0.29) is 23.3 Å². The molecule has 2 atom stereocenters. The minimum Gasteiger partial charge on any atom is -0.294 e. The van der Waals surface area contributed by atoms with Gasteiger partial charge in [-0.3, -0.25) is 14.4 Å². The molecule has 0 N–H and O–H groups in total. The highest BCUT2D eigenvalue weighted by atomic mass is 16.1. The molecule has 3 aliphatic carbocycles. The van der Waals surface area contributed by atoms with Crippen molar-refractivity contribution in [2.45, 2.75) is 40.5 Å². The van der Waals surface area contributed by atoms with Crippen molar-refractivity contribution in [3.63, 3.8) is 0 Å². The molecule has 0 aliphatic heterocycles. The number of carbonyl (C=O) groups is 3. The van der Waals surface area contributed by atoms with Crippen molar-refractivity contribution in [2.75, 3.05) is 0 Å². The van der Waals surface area contributed by atoms with Gasteiger partial charge in [0, 0.05) is 16.6 Å². The van der Waals surface area contributed by atoms with Crippen LogP contribution >= 0.6 is 0 Å². The molecule has 0 aromatic rings. The lowest BCUT2D eigenvalue weighted by atomic mass is 9.49. The summed E-state index contributed by atoms with van der Waals surface area (Å²) in [6.07, 6.45) is 5.86. The van der Waals surface area contributed by atoms with Gasteiger partial charge in [0.05, 0.1) is 0 Å². The van der Waals surface area contributed by atoms with E-state index in [1.807, 2.05) is 33.8 Å². The van der Waals surface area contributed by atoms with Crippen molar-refractivity contribution in [2.24, 2.45) is 16.7 Å². The average molecular weight is 284 g/mol. The molecule has 3 heteroatoms. The molecule has 0 amide bonds. The Bertz CT molecular complexity index is 673. The molecule has 0 fully saturated rings. The Morgan fingerprint density at radius 2 is 1.67 bits per heavy atom. The quantitative estimate of drug-likeness (QED) is 0.643. The van der Waals surface area contributed by atoms with E-state index in [0.29, 0.717) is 17.6 Å². The Morgan fingerprint density at radius 3 is 2.33 bits per heavy atom. The molecular formula is C18H20O3. The number of allylic oxidation sites excluding steroid dienone is 6. The summed E-state index contributed by atoms with van der Waals surface area (Å²) >= 11 is 0. The molecule has 0 heterocycles. The Hall–Kier alpha value is -1.77. The van der Waals surface area contributed by atoms with E-state index in [1.165, 1.54) is 12.2 Å². The molecular weight excluding hydrogens is 264 g/mol. The lowest BCUT2D eigenvalue weighted by Crippen LogP contribution is -2.52. The summed E-state index contributed by atoms with van der Waals surface area (Å²) in [5.74, 6) is -0.0101. The summed E-state index contributed by atoms with van der Waals surface area (Å²) < 4.78 is 0. The highest BCUT2D eigenvalue weighted by Gasteiger charge is 2.56. The molecule has 3 aliphatic rings. The fourth-order valence-electron chi connectivity index (χ4n) is 4.58. The van der Waals surface area contributed by atoms with Gasteiger partial charge in [0.15, 0.2) is 17.3 Å². The van der Waals surface area contributed by atoms with Crippen molar-refractivity contribution >= 4 is 17.3 Å². The van der Waals surface area contributed by atoms with Gasteiger partial charge < -0.3 is 0 Å². The maximum Gasteiger partial charge on any atom is 0.182 e. The van der Waals surface area contributed by atoms with Crippen LogP contribution in [-0.2, 0) is 14.4 Å². The van der Waals surface area contributed by atoms with Crippen molar-refractivity contribution in [3.8, 4) is 0 Å². The van der Waals surface area contributed by atoms with Gasteiger partial charge in [-0.1, -0.05) is 26.8 Å². The van der Waals surface area contributed by atoms with Crippen molar-refractivity contribution in [1.82, 2.24) is 0 Å². The maximum absolute atomic E-state index is 12.7. The van der Waals surface area contributed by atoms with Crippen LogP contribution in [0.15, 0.2) is 34.9 Å². The zero-order valence-electron chi connectivity index (χ0n) is 12.9. The number of fused-ring (bicyclic) bond motifs is 1. The third-order valence-electron chi connectivity index (χ3n) is 5.60. The van der Waals surface area contributed by atoms with Crippen molar-refractivity contribution in [3.05, 3.63) is 34.9 Å². The first kappa shape index (κ1) is 14.2. The first-order valence-corrected chi connectivity index (χ1v) is 7.41. The van der Waals surface area contributed by atoms with E-state index in [1.54, 1.807) is 0 Å². The van der Waals surface area contributed by atoms with Gasteiger partial charge in [-0.2, -0.15) is 0 Å². The van der Waals surface area contributed by atoms with Crippen molar-refractivity contribution < 1.29 is 14.4 Å². The smallest absolute Gasteiger partial charge is 0.182 e. The van der Waals surface area contributed by atoms with Gasteiger partial charge in [0.25, 0.3) is 0 Å². The Labute approximate surface area is 124 Å². The maximum atomic E-state index is 12.7. The first-order chi connectivity index (χ1) is 9.69. The highest BCUT2D eigenvalue weighted by Crippen LogP contribution is 2.58. The molecule has 0 radical (unpaired) electrons. The van der Waals surface area contributed by atoms with Crippen LogP contribution < -0.4 is 0 Å². The summed E-state index contributed by atoms with van der Waals surface area (Å²) in [6.45, 7) is 7.79.